The highest BCUT2D eigenvalue weighted by Crippen LogP contribution is 2.32. The number of aryl methyl sites for hydroxylation is 1. The van der Waals surface area contributed by atoms with E-state index in [1.54, 1.807) is 30.5 Å². The van der Waals surface area contributed by atoms with E-state index in [-0.39, 0.29) is 11.9 Å². The summed E-state index contributed by atoms with van der Waals surface area (Å²) in [5.41, 5.74) is 9.18. The molecule has 1 aromatic heterocycles. The lowest BCUT2D eigenvalue weighted by Crippen LogP contribution is -2.14. The Balaban J connectivity index is 2.10. The molecule has 0 radical (unpaired) electrons. The summed E-state index contributed by atoms with van der Waals surface area (Å²) in [7, 11) is 0. The Morgan fingerprint density at radius 3 is 2.73 bits per heavy atom. The molecule has 134 valence electrons. The van der Waals surface area contributed by atoms with Crippen LogP contribution in [0.2, 0.25) is 0 Å². The summed E-state index contributed by atoms with van der Waals surface area (Å²) in [6.07, 6.45) is 3.52. The molecule has 0 aliphatic rings. The van der Waals surface area contributed by atoms with Crippen molar-refractivity contribution in [3.63, 3.8) is 0 Å². The predicted octanol–water partition coefficient (Wildman–Crippen LogP) is 4.73. The smallest absolute Gasteiger partial charge is 0.250 e. The number of nitrogens with two attached hydrogens (primary N) is 1. The van der Waals surface area contributed by atoms with E-state index in [1.165, 1.54) is 6.07 Å². The number of para-hydroxylation sites is 1. The largest absolute Gasteiger partial charge is 0.377 e. The van der Waals surface area contributed by atoms with Crippen molar-refractivity contribution < 1.29 is 9.18 Å². The zero-order valence-electron chi connectivity index (χ0n) is 14.9. The second kappa shape index (κ2) is 7.52. The summed E-state index contributed by atoms with van der Waals surface area (Å²) in [4.78, 5) is 16.1. The molecule has 4 nitrogen and oxygen atoms in total. The van der Waals surface area contributed by atoms with E-state index in [2.05, 4.69) is 17.2 Å². The molecule has 2 aromatic carbocycles. The number of nitrogens with zero attached hydrogens (tertiary/aromatic N) is 1. The highest BCUT2D eigenvalue weighted by atomic mass is 19.1. The van der Waals surface area contributed by atoms with Crippen LogP contribution in [0.15, 0.2) is 48.7 Å². The maximum Gasteiger partial charge on any atom is 0.250 e. The zero-order chi connectivity index (χ0) is 18.7. The molecular formula is C21H22FN3O. The number of amides is 1. The molecule has 0 unspecified atom stereocenters. The minimum atomic E-state index is -0.506. The number of carbonyl (C=O) groups excluding carboxylic acids is 1. The number of pyridine rings is 1. The molecule has 0 bridgehead atoms. The van der Waals surface area contributed by atoms with Gasteiger partial charge in [-0.3, -0.25) is 9.78 Å². The van der Waals surface area contributed by atoms with Crippen molar-refractivity contribution in [1.82, 2.24) is 4.98 Å². The number of rotatable bonds is 6. The Morgan fingerprint density at radius 1 is 1.27 bits per heavy atom. The first-order chi connectivity index (χ1) is 12.5. The van der Waals surface area contributed by atoms with E-state index in [4.69, 9.17) is 5.73 Å². The quantitative estimate of drug-likeness (QED) is 0.674. The topological polar surface area (TPSA) is 68.0 Å². The molecule has 1 amide bonds. The first-order valence-electron chi connectivity index (χ1n) is 8.71. The Kier molecular flexibility index (Phi) is 5.16. The highest BCUT2D eigenvalue weighted by Gasteiger charge is 2.17. The van der Waals surface area contributed by atoms with Crippen LogP contribution in [0.25, 0.3) is 10.9 Å². The second-order valence-corrected chi connectivity index (χ2v) is 6.42. The standard InChI is InChI=1S/C21H22FN3O/c1-3-6-18(14-7-4-8-15(22)11-14)25-19-13(2)12-24-20-16(19)9-5-10-17(20)21(23)26/h4-5,7-12,18H,3,6H2,1-2H3,(H2,23,26)(H,24,25)/t18-/m1/s1. The third kappa shape index (κ3) is 3.52. The maximum absolute atomic E-state index is 13.7. The number of hydrogen-bond acceptors (Lipinski definition) is 3. The average Bonchev–Trinajstić information content (AvgIpc) is 2.62. The first kappa shape index (κ1) is 17.9. The van der Waals surface area contributed by atoms with Crippen LogP contribution < -0.4 is 11.1 Å². The number of aromatic nitrogens is 1. The van der Waals surface area contributed by atoms with Crippen molar-refractivity contribution >= 4 is 22.5 Å². The number of nitrogens with one attached hydrogen (secondary N) is 1. The Hall–Kier alpha value is -2.95. The Bertz CT molecular complexity index is 955. The molecule has 0 aliphatic heterocycles. The van der Waals surface area contributed by atoms with Gasteiger partial charge < -0.3 is 11.1 Å². The molecule has 1 atom stereocenters. The van der Waals surface area contributed by atoms with Gasteiger partial charge in [-0.05, 0) is 42.7 Å². The molecule has 3 aromatic rings. The zero-order valence-corrected chi connectivity index (χ0v) is 14.9. The molecular weight excluding hydrogens is 329 g/mol. The van der Waals surface area contributed by atoms with Gasteiger partial charge in [0.25, 0.3) is 5.91 Å². The summed E-state index contributed by atoms with van der Waals surface area (Å²) in [6, 6.07) is 12.0. The Labute approximate surface area is 152 Å². The van der Waals surface area contributed by atoms with E-state index in [1.807, 2.05) is 19.1 Å². The molecule has 3 N–H and O–H groups in total. The van der Waals surface area contributed by atoms with Gasteiger partial charge in [-0.1, -0.05) is 37.6 Å². The third-order valence-electron chi connectivity index (χ3n) is 4.50. The van der Waals surface area contributed by atoms with Crippen LogP contribution in [-0.4, -0.2) is 10.9 Å². The summed E-state index contributed by atoms with van der Waals surface area (Å²) in [5.74, 6) is -0.758. The minimum Gasteiger partial charge on any atom is -0.377 e. The molecule has 26 heavy (non-hydrogen) atoms. The van der Waals surface area contributed by atoms with Crippen LogP contribution in [-0.2, 0) is 0 Å². The maximum atomic E-state index is 13.7. The molecule has 1 heterocycles. The van der Waals surface area contributed by atoms with Crippen LogP contribution in [0.3, 0.4) is 0 Å². The van der Waals surface area contributed by atoms with Gasteiger partial charge in [0, 0.05) is 17.3 Å². The number of fused-ring (bicyclic) bond motifs is 1. The van der Waals surface area contributed by atoms with Gasteiger partial charge in [-0.25, -0.2) is 4.39 Å². The molecule has 0 saturated carbocycles. The van der Waals surface area contributed by atoms with Crippen LogP contribution >= 0.6 is 0 Å². The molecule has 0 aliphatic carbocycles. The Morgan fingerprint density at radius 2 is 2.04 bits per heavy atom. The van der Waals surface area contributed by atoms with Gasteiger partial charge in [-0.2, -0.15) is 0 Å². The normalized spacial score (nSPS) is 12.1. The lowest BCUT2D eigenvalue weighted by molar-refractivity contribution is 0.100. The van der Waals surface area contributed by atoms with Gasteiger partial charge >= 0.3 is 0 Å². The van der Waals surface area contributed by atoms with Gasteiger partial charge in [0.05, 0.1) is 17.1 Å². The fourth-order valence-electron chi connectivity index (χ4n) is 3.22. The summed E-state index contributed by atoms with van der Waals surface area (Å²) >= 11 is 0. The minimum absolute atomic E-state index is 0.0442. The highest BCUT2D eigenvalue weighted by molar-refractivity contribution is 6.07. The van der Waals surface area contributed by atoms with Crippen LogP contribution in [0, 0.1) is 12.7 Å². The van der Waals surface area contributed by atoms with E-state index < -0.39 is 5.91 Å². The lowest BCUT2D eigenvalue weighted by atomic mass is 9.99. The molecule has 0 fully saturated rings. The van der Waals surface area contributed by atoms with Crippen molar-refractivity contribution in [2.45, 2.75) is 32.7 Å². The lowest BCUT2D eigenvalue weighted by Gasteiger charge is -2.23. The van der Waals surface area contributed by atoms with Gasteiger partial charge in [0.15, 0.2) is 0 Å². The van der Waals surface area contributed by atoms with Gasteiger partial charge in [0.1, 0.15) is 5.82 Å². The molecule has 5 heteroatoms. The van der Waals surface area contributed by atoms with Crippen LogP contribution in [0.5, 0.6) is 0 Å². The van der Waals surface area contributed by atoms with E-state index in [9.17, 15) is 9.18 Å². The van der Waals surface area contributed by atoms with Crippen molar-refractivity contribution in [2.24, 2.45) is 5.73 Å². The van der Waals surface area contributed by atoms with Crippen LogP contribution in [0.4, 0.5) is 10.1 Å². The monoisotopic (exact) mass is 351 g/mol. The number of carbonyl (C=O) groups is 1. The SMILES string of the molecule is CCC[C@@H](Nc1c(C)cnc2c(C(N)=O)cccc12)c1cccc(F)c1. The summed E-state index contributed by atoms with van der Waals surface area (Å²) < 4.78 is 13.7. The molecule has 0 spiro atoms. The predicted molar refractivity (Wildman–Crippen MR) is 103 cm³/mol. The second-order valence-electron chi connectivity index (χ2n) is 6.42. The molecule has 3 rings (SSSR count). The number of anilines is 1. The van der Waals surface area contributed by atoms with Gasteiger partial charge in [-0.15, -0.1) is 0 Å². The number of benzene rings is 2. The summed E-state index contributed by atoms with van der Waals surface area (Å²) in [5, 5.41) is 4.37. The van der Waals surface area contributed by atoms with E-state index in [0.717, 1.165) is 35.0 Å². The van der Waals surface area contributed by atoms with E-state index >= 15 is 0 Å². The van der Waals surface area contributed by atoms with E-state index in [0.29, 0.717) is 11.1 Å². The first-order valence-corrected chi connectivity index (χ1v) is 8.71. The van der Waals surface area contributed by atoms with Crippen LogP contribution in [0.1, 0.15) is 47.3 Å². The fourth-order valence-corrected chi connectivity index (χ4v) is 3.22. The van der Waals surface area contributed by atoms with Crippen molar-refractivity contribution in [3.05, 3.63) is 71.2 Å². The van der Waals surface area contributed by atoms with Crippen molar-refractivity contribution in [1.29, 1.82) is 0 Å². The van der Waals surface area contributed by atoms with Gasteiger partial charge in [0.2, 0.25) is 0 Å². The fraction of sp³-hybridized carbons (Fsp3) is 0.238. The number of halogens is 1. The molecule has 0 saturated heterocycles. The van der Waals surface area contributed by atoms with Crippen molar-refractivity contribution in [2.75, 3.05) is 5.32 Å². The number of primary amides is 1. The summed E-state index contributed by atoms with van der Waals surface area (Å²) in [6.45, 7) is 4.05. The number of hydrogen-bond donors (Lipinski definition) is 2. The average molecular weight is 351 g/mol. The van der Waals surface area contributed by atoms with Crippen molar-refractivity contribution in [3.8, 4) is 0 Å². The third-order valence-corrected chi connectivity index (χ3v) is 4.50.